The lowest BCUT2D eigenvalue weighted by Crippen LogP contribution is -2.41. The molecule has 6 atom stereocenters. The number of carbonyl (C=O) groups excluding carboxylic acids is 5. The van der Waals surface area contributed by atoms with Crippen LogP contribution in [0.5, 0.6) is 0 Å². The van der Waals surface area contributed by atoms with E-state index in [1.807, 2.05) is 45.9 Å². The summed E-state index contributed by atoms with van der Waals surface area (Å²) in [6.07, 6.45) is 4.22. The van der Waals surface area contributed by atoms with Crippen molar-refractivity contribution in [3.05, 3.63) is 117 Å². The van der Waals surface area contributed by atoms with E-state index < -0.39 is 47.7 Å². The molecule has 0 aromatic carbocycles. The number of hydrogen-bond donors (Lipinski definition) is 5. The minimum atomic E-state index is -1.24. The fourth-order valence-electron chi connectivity index (χ4n) is 10.2. The number of Topliss-reactive ketones (excluding diaryl/α,β-unsaturated/α-hetero) is 2. The van der Waals surface area contributed by atoms with Gasteiger partial charge in [-0.2, -0.15) is 0 Å². The molecule has 0 radical (unpaired) electrons. The van der Waals surface area contributed by atoms with Crippen LogP contribution < -0.4 is 27.3 Å². The minimum absolute atomic E-state index is 0.0207. The lowest BCUT2D eigenvalue weighted by atomic mass is 9.85. The molecule has 4 aromatic rings. The summed E-state index contributed by atoms with van der Waals surface area (Å²) in [5.41, 5.74) is 8.54. The van der Waals surface area contributed by atoms with E-state index in [-0.39, 0.29) is 66.4 Å². The van der Waals surface area contributed by atoms with E-state index in [0.29, 0.717) is 46.6 Å². The first-order valence-corrected chi connectivity index (χ1v) is 23.3. The number of H-pyrrole nitrogens is 4. The number of fused-ring (bicyclic) bond motifs is 8. The van der Waals surface area contributed by atoms with Crippen LogP contribution in [-0.2, 0) is 60.5 Å². The maximum absolute atomic E-state index is 14.0. The van der Waals surface area contributed by atoms with Gasteiger partial charge in [0, 0.05) is 114 Å². The Morgan fingerprint density at radius 1 is 0.800 bits per heavy atom. The lowest BCUT2D eigenvalue weighted by Gasteiger charge is -2.23. The molecule has 5 N–H and O–H groups in total. The third kappa shape index (κ3) is 9.87. The summed E-state index contributed by atoms with van der Waals surface area (Å²) in [7, 11) is 2.71. The number of nitrogens with zero attached hydrogens (tertiary/aromatic N) is 1. The smallest absolute Gasteiger partial charge is 0.330 e. The molecular formula is C52H62N6O12. The molecule has 4 aromatic heterocycles. The van der Waals surface area contributed by atoms with Crippen molar-refractivity contribution in [1.82, 2.24) is 29.8 Å². The topological polar surface area (TPSA) is 246 Å². The van der Waals surface area contributed by atoms with E-state index in [9.17, 15) is 33.6 Å². The van der Waals surface area contributed by atoms with E-state index in [1.165, 1.54) is 41.2 Å². The van der Waals surface area contributed by atoms with Crippen LogP contribution in [0.2, 0.25) is 0 Å². The maximum Gasteiger partial charge on any atom is 0.330 e. The lowest BCUT2D eigenvalue weighted by molar-refractivity contribution is -0.158. The van der Waals surface area contributed by atoms with Crippen LogP contribution >= 0.6 is 0 Å². The maximum atomic E-state index is 14.0. The fourth-order valence-corrected chi connectivity index (χ4v) is 10.2. The van der Waals surface area contributed by atoms with Gasteiger partial charge in [-0.25, -0.2) is 4.79 Å². The number of aromatic nitrogens is 5. The Labute approximate surface area is 404 Å². The van der Waals surface area contributed by atoms with Crippen LogP contribution in [0.3, 0.4) is 0 Å². The highest BCUT2D eigenvalue weighted by atomic mass is 16.6. The predicted octanol–water partition coefficient (Wildman–Crippen LogP) is 4.12. The Balaban J connectivity index is 1.48. The summed E-state index contributed by atoms with van der Waals surface area (Å²) < 4.78 is 28.9. The quantitative estimate of drug-likeness (QED) is 0.0833. The van der Waals surface area contributed by atoms with Crippen LogP contribution in [0.1, 0.15) is 129 Å². The molecule has 18 nitrogen and oxygen atoms in total. The Morgan fingerprint density at radius 2 is 1.49 bits per heavy atom. The summed E-state index contributed by atoms with van der Waals surface area (Å²) >= 11 is 0. The number of esters is 3. The average molecular weight is 963 g/mol. The molecular weight excluding hydrogens is 901 g/mol. The first-order chi connectivity index (χ1) is 33.2. The Morgan fingerprint density at radius 3 is 2.11 bits per heavy atom. The zero-order valence-electron chi connectivity index (χ0n) is 41.6. The van der Waals surface area contributed by atoms with Gasteiger partial charge in [-0.15, -0.1) is 0 Å². The molecule has 3 aliphatic heterocycles. The first kappa shape index (κ1) is 50.8. The highest BCUT2D eigenvalue weighted by molar-refractivity contribution is 5.92. The van der Waals surface area contributed by atoms with E-state index in [0.717, 1.165) is 54.6 Å². The standard InChI is InChI=1S/C52H62N6O12/c1-13-32-25(4)37-20-42-45(28(7)36-21-58(52(65)57-50(36)64)51-49(67-12)48(69-31(10)62)43(70-51)22-68-30(9)61)29(8)40(54-42)18-38-26(5)33(14-15-44(63)66-11)46(55-38)35(17-24(3)60)47-34(16-23(2)59)27(6)39(56-47)19-41(32)53-37/h18-21,26,33,43,48-49,51,53-56H,7,13-17,22H2,1-6,8-12H3,(H,57,64,65)/t26-,33-,43+,48?,49+,51+/m0/s1. The van der Waals surface area contributed by atoms with Crippen LogP contribution in [0.15, 0.2) is 33.8 Å². The van der Waals surface area contributed by atoms with Crippen LogP contribution in [0.4, 0.5) is 0 Å². The SMILES string of the molecule is C=C(c1c2[nH]c(c1C)C=C1NC(=C(CC(C)=O)c3[nH]c(c(C)c3CC(C)=O)C=c3[nH]c(c(C)c3CC)=C2)[C@@H](CCC(=O)OC)[C@@H]1C)c1cn([C@@H]2O[C@H](COC(C)=O)C(OC(C)=O)[C@H]2OC)c(=O)[nH]c1=O. The number of ether oxygens (including phenoxy) is 5. The Kier molecular flexibility index (Phi) is 14.9. The van der Waals surface area contributed by atoms with Gasteiger partial charge in [0.05, 0.1) is 12.7 Å². The number of methoxy groups -OCH3 is 2. The number of carbonyl (C=O) groups is 5. The van der Waals surface area contributed by atoms with Crippen LogP contribution in [0, 0.1) is 32.6 Å². The summed E-state index contributed by atoms with van der Waals surface area (Å²) in [5.74, 6) is -2.25. The molecule has 0 saturated carbocycles. The number of allylic oxidation sites excluding steroid dienone is 3. The van der Waals surface area contributed by atoms with Crippen molar-refractivity contribution in [3.8, 4) is 0 Å². The van der Waals surface area contributed by atoms with Crippen molar-refractivity contribution in [2.45, 2.75) is 119 Å². The summed E-state index contributed by atoms with van der Waals surface area (Å²) in [4.78, 5) is 104. The second-order valence-electron chi connectivity index (χ2n) is 18.4. The second-order valence-corrected chi connectivity index (χ2v) is 18.4. The number of aromatic amines is 4. The summed E-state index contributed by atoms with van der Waals surface area (Å²) in [6.45, 7) is 19.7. The highest BCUT2D eigenvalue weighted by Crippen LogP contribution is 2.43. The first-order valence-electron chi connectivity index (χ1n) is 23.3. The Bertz CT molecular complexity index is 3130. The molecule has 3 aliphatic rings. The number of ketones is 2. The molecule has 0 spiro atoms. The monoisotopic (exact) mass is 962 g/mol. The molecule has 8 bridgehead atoms. The molecule has 7 rings (SSSR count). The van der Waals surface area contributed by atoms with Crippen LogP contribution in [-0.4, -0.2) is 93.1 Å². The van der Waals surface area contributed by atoms with Crippen molar-refractivity contribution in [3.63, 3.8) is 0 Å². The normalized spacial score (nSPS) is 20.5. The van der Waals surface area contributed by atoms with Gasteiger partial charge in [0.1, 0.15) is 30.4 Å². The highest BCUT2D eigenvalue weighted by Gasteiger charge is 2.49. The van der Waals surface area contributed by atoms with E-state index in [2.05, 4.69) is 38.8 Å². The van der Waals surface area contributed by atoms with E-state index in [1.54, 1.807) is 6.92 Å². The molecule has 1 unspecified atom stereocenters. The average Bonchev–Trinajstić information content (AvgIpc) is 4.05. The number of hydrogen-bond acceptors (Lipinski definition) is 13. The largest absolute Gasteiger partial charge is 0.469 e. The van der Waals surface area contributed by atoms with Gasteiger partial charge in [0.15, 0.2) is 12.3 Å². The van der Waals surface area contributed by atoms with Gasteiger partial charge < -0.3 is 44.0 Å². The van der Waals surface area contributed by atoms with Crippen LogP contribution in [0.25, 0.3) is 29.4 Å². The van der Waals surface area contributed by atoms with Gasteiger partial charge in [-0.1, -0.05) is 20.4 Å². The van der Waals surface area contributed by atoms with Gasteiger partial charge in [-0.3, -0.25) is 38.3 Å². The number of nitrogens with one attached hydrogen (secondary N) is 5. The fraction of sp³-hybridized carbons (Fsp3) is 0.442. The molecule has 2 saturated heterocycles. The summed E-state index contributed by atoms with van der Waals surface area (Å²) in [6, 6.07) is 0. The minimum Gasteiger partial charge on any atom is -0.469 e. The zero-order chi connectivity index (χ0) is 51.0. The molecule has 18 heteroatoms. The van der Waals surface area contributed by atoms with E-state index >= 15 is 0 Å². The van der Waals surface area contributed by atoms with E-state index in [4.69, 9.17) is 23.7 Å². The van der Waals surface area contributed by atoms with Gasteiger partial charge in [0.25, 0.3) is 5.56 Å². The Hall–Kier alpha value is -7.05. The molecule has 7 heterocycles. The molecule has 70 heavy (non-hydrogen) atoms. The van der Waals surface area contributed by atoms with Crippen molar-refractivity contribution in [1.29, 1.82) is 0 Å². The van der Waals surface area contributed by atoms with Gasteiger partial charge >= 0.3 is 23.6 Å². The summed E-state index contributed by atoms with van der Waals surface area (Å²) in [5, 5.41) is 5.28. The van der Waals surface area contributed by atoms with Crippen molar-refractivity contribution in [2.24, 2.45) is 11.8 Å². The predicted molar refractivity (Wildman–Crippen MR) is 260 cm³/mol. The van der Waals surface area contributed by atoms with Gasteiger partial charge in [-0.05, 0) is 99.1 Å². The third-order valence-electron chi connectivity index (χ3n) is 13.7. The second kappa shape index (κ2) is 20.5. The van der Waals surface area contributed by atoms with Crippen molar-refractivity contribution >= 4 is 58.8 Å². The molecule has 2 fully saturated rings. The van der Waals surface area contributed by atoms with Crippen molar-refractivity contribution in [2.75, 3.05) is 20.8 Å². The van der Waals surface area contributed by atoms with Crippen molar-refractivity contribution < 1.29 is 47.7 Å². The molecule has 0 amide bonds. The third-order valence-corrected chi connectivity index (χ3v) is 13.7. The van der Waals surface area contributed by atoms with Gasteiger partial charge in [0.2, 0.25) is 0 Å². The molecule has 0 aliphatic carbocycles. The number of rotatable bonds is 15. The molecule has 372 valence electrons. The zero-order valence-corrected chi connectivity index (χ0v) is 41.6.